The molecule has 2 N–H and O–H groups in total. The van der Waals surface area contributed by atoms with Crippen molar-refractivity contribution >= 4 is 29.1 Å². The minimum Gasteiger partial charge on any atom is -0.496 e. The second-order valence-corrected chi connectivity index (χ2v) is 6.89. The molecule has 0 aliphatic carbocycles. The highest BCUT2D eigenvalue weighted by molar-refractivity contribution is 6.31. The van der Waals surface area contributed by atoms with E-state index in [1.54, 1.807) is 19.2 Å². The molecule has 1 amide bonds. The molecule has 25 heavy (non-hydrogen) atoms. The lowest BCUT2D eigenvalue weighted by atomic mass is 10.2. The average molecular weight is 363 g/mol. The van der Waals surface area contributed by atoms with E-state index in [0.717, 1.165) is 17.0 Å². The highest BCUT2D eigenvalue weighted by Crippen LogP contribution is 2.27. The Morgan fingerprint density at radius 1 is 1.08 bits per heavy atom. The van der Waals surface area contributed by atoms with Gasteiger partial charge in [0.1, 0.15) is 11.4 Å². The average Bonchev–Trinajstić information content (AvgIpc) is 2.53. The Bertz CT molecular complexity index is 724. The van der Waals surface area contributed by atoms with Crippen molar-refractivity contribution in [1.82, 2.24) is 0 Å². The first kappa shape index (κ1) is 18.9. The van der Waals surface area contributed by atoms with Gasteiger partial charge in [-0.2, -0.15) is 0 Å². The fourth-order valence-electron chi connectivity index (χ4n) is 2.18. The van der Waals surface area contributed by atoms with Crippen LogP contribution in [0.4, 0.5) is 16.2 Å². The van der Waals surface area contributed by atoms with E-state index in [1.165, 1.54) is 0 Å². The maximum absolute atomic E-state index is 11.8. The standard InChI is InChI=1S/C19H23ClN2O3/c1-19(2,3)25-18(23)22-14-10-8-13(9-11-14)21-12-15-16(20)6-5-7-17(15)24-4/h5-11,21H,12H2,1-4H3,(H,22,23). The van der Waals surface area contributed by atoms with Crippen LogP contribution < -0.4 is 15.4 Å². The summed E-state index contributed by atoms with van der Waals surface area (Å²) in [5.74, 6) is 0.739. The summed E-state index contributed by atoms with van der Waals surface area (Å²) >= 11 is 6.23. The number of rotatable bonds is 5. The summed E-state index contributed by atoms with van der Waals surface area (Å²) in [6, 6.07) is 12.9. The Labute approximate surface area is 153 Å². The van der Waals surface area contributed by atoms with Gasteiger partial charge in [0.25, 0.3) is 0 Å². The van der Waals surface area contributed by atoms with Crippen LogP contribution >= 0.6 is 11.6 Å². The first-order valence-corrected chi connectivity index (χ1v) is 8.31. The maximum Gasteiger partial charge on any atom is 0.412 e. The molecule has 6 heteroatoms. The van der Waals surface area contributed by atoms with Gasteiger partial charge in [-0.15, -0.1) is 0 Å². The number of methoxy groups -OCH3 is 1. The number of amides is 1. The number of carbonyl (C=O) groups excluding carboxylic acids is 1. The Morgan fingerprint density at radius 2 is 1.72 bits per heavy atom. The summed E-state index contributed by atoms with van der Waals surface area (Å²) in [6.07, 6.45) is -0.478. The van der Waals surface area contributed by atoms with Gasteiger partial charge in [0.15, 0.2) is 0 Å². The lowest BCUT2D eigenvalue weighted by molar-refractivity contribution is 0.0636. The van der Waals surface area contributed by atoms with Crippen molar-refractivity contribution in [2.45, 2.75) is 32.9 Å². The number of halogens is 1. The molecule has 0 spiro atoms. The van der Waals surface area contributed by atoms with E-state index >= 15 is 0 Å². The Balaban J connectivity index is 1.96. The molecule has 0 fully saturated rings. The quantitative estimate of drug-likeness (QED) is 0.756. The van der Waals surface area contributed by atoms with Crippen LogP contribution in [0.15, 0.2) is 42.5 Å². The molecule has 0 aliphatic heterocycles. The van der Waals surface area contributed by atoms with Crippen LogP contribution in [0.2, 0.25) is 5.02 Å². The predicted molar refractivity (Wildman–Crippen MR) is 102 cm³/mol. The minimum absolute atomic E-state index is 0.478. The van der Waals surface area contributed by atoms with Crippen molar-refractivity contribution in [3.63, 3.8) is 0 Å². The van der Waals surface area contributed by atoms with Crippen molar-refractivity contribution in [1.29, 1.82) is 0 Å². The van der Waals surface area contributed by atoms with E-state index in [9.17, 15) is 4.79 Å². The second-order valence-electron chi connectivity index (χ2n) is 6.48. The summed E-state index contributed by atoms with van der Waals surface area (Å²) in [4.78, 5) is 11.8. The molecule has 0 unspecified atom stereocenters. The number of hydrogen-bond donors (Lipinski definition) is 2. The van der Waals surface area contributed by atoms with Gasteiger partial charge in [0, 0.05) is 28.5 Å². The van der Waals surface area contributed by atoms with Crippen molar-refractivity contribution in [3.8, 4) is 5.75 Å². The van der Waals surface area contributed by atoms with Crippen molar-refractivity contribution in [2.75, 3.05) is 17.7 Å². The van der Waals surface area contributed by atoms with Gasteiger partial charge >= 0.3 is 6.09 Å². The summed E-state index contributed by atoms with van der Waals surface area (Å²) in [7, 11) is 1.62. The largest absolute Gasteiger partial charge is 0.496 e. The number of hydrogen-bond acceptors (Lipinski definition) is 4. The van der Waals surface area contributed by atoms with Gasteiger partial charge in [-0.25, -0.2) is 4.79 Å². The molecular formula is C19H23ClN2O3. The highest BCUT2D eigenvalue weighted by atomic mass is 35.5. The zero-order valence-corrected chi connectivity index (χ0v) is 15.6. The fraction of sp³-hybridized carbons (Fsp3) is 0.316. The molecule has 0 atom stereocenters. The third kappa shape index (κ3) is 5.87. The van der Waals surface area contributed by atoms with Crippen molar-refractivity contribution in [2.24, 2.45) is 0 Å². The van der Waals surface area contributed by atoms with E-state index in [-0.39, 0.29) is 0 Å². The number of anilines is 2. The highest BCUT2D eigenvalue weighted by Gasteiger charge is 2.16. The molecular weight excluding hydrogens is 340 g/mol. The predicted octanol–water partition coefficient (Wildman–Crippen LogP) is 5.31. The van der Waals surface area contributed by atoms with E-state index in [0.29, 0.717) is 17.3 Å². The second kappa shape index (κ2) is 8.12. The molecule has 0 aromatic heterocycles. The Kier molecular flexibility index (Phi) is 6.15. The molecule has 2 aromatic carbocycles. The van der Waals surface area contributed by atoms with Gasteiger partial charge < -0.3 is 14.8 Å². The van der Waals surface area contributed by atoms with Gasteiger partial charge in [0.2, 0.25) is 0 Å². The number of carbonyl (C=O) groups is 1. The molecule has 2 rings (SSSR count). The Hall–Kier alpha value is -2.40. The third-order valence-electron chi connectivity index (χ3n) is 3.30. The van der Waals surface area contributed by atoms with Crippen LogP contribution in [0.25, 0.3) is 0 Å². The summed E-state index contributed by atoms with van der Waals surface area (Å²) in [5.41, 5.74) is 1.93. The van der Waals surface area contributed by atoms with Gasteiger partial charge in [-0.3, -0.25) is 5.32 Å². The third-order valence-corrected chi connectivity index (χ3v) is 3.65. The number of ether oxygens (including phenoxy) is 2. The van der Waals surface area contributed by atoms with Crippen LogP contribution in [0.1, 0.15) is 26.3 Å². The number of nitrogens with one attached hydrogen (secondary N) is 2. The minimum atomic E-state index is -0.528. The number of benzene rings is 2. The molecule has 134 valence electrons. The van der Waals surface area contributed by atoms with Gasteiger partial charge in [-0.1, -0.05) is 17.7 Å². The normalized spacial score (nSPS) is 10.9. The molecule has 2 aromatic rings. The molecule has 5 nitrogen and oxygen atoms in total. The fourth-order valence-corrected chi connectivity index (χ4v) is 2.42. The summed E-state index contributed by atoms with van der Waals surface area (Å²) in [5, 5.41) is 6.63. The van der Waals surface area contributed by atoms with E-state index in [2.05, 4.69) is 10.6 Å². The zero-order chi connectivity index (χ0) is 18.4. The summed E-state index contributed by atoms with van der Waals surface area (Å²) in [6.45, 7) is 6.00. The van der Waals surface area contributed by atoms with Crippen molar-refractivity contribution < 1.29 is 14.3 Å². The zero-order valence-electron chi connectivity index (χ0n) is 14.9. The SMILES string of the molecule is COc1cccc(Cl)c1CNc1ccc(NC(=O)OC(C)(C)C)cc1. The van der Waals surface area contributed by atoms with Crippen LogP contribution in [-0.2, 0) is 11.3 Å². The molecule has 0 aliphatic rings. The summed E-state index contributed by atoms with van der Waals surface area (Å²) < 4.78 is 10.6. The monoisotopic (exact) mass is 362 g/mol. The molecule has 0 bridgehead atoms. The lowest BCUT2D eigenvalue weighted by Crippen LogP contribution is -2.27. The molecule has 0 saturated carbocycles. The van der Waals surface area contributed by atoms with Crippen LogP contribution in [0, 0.1) is 0 Å². The Morgan fingerprint density at radius 3 is 2.32 bits per heavy atom. The first-order chi connectivity index (χ1) is 11.8. The van der Waals surface area contributed by atoms with Crippen LogP contribution in [0.5, 0.6) is 5.75 Å². The van der Waals surface area contributed by atoms with Crippen LogP contribution in [0.3, 0.4) is 0 Å². The molecule has 0 saturated heterocycles. The van der Waals surface area contributed by atoms with Crippen LogP contribution in [-0.4, -0.2) is 18.8 Å². The molecule has 0 radical (unpaired) electrons. The van der Waals surface area contributed by atoms with E-state index < -0.39 is 11.7 Å². The van der Waals surface area contributed by atoms with Crippen molar-refractivity contribution in [3.05, 3.63) is 53.1 Å². The van der Waals surface area contributed by atoms with Gasteiger partial charge in [0.05, 0.1) is 7.11 Å². The molecule has 0 heterocycles. The topological polar surface area (TPSA) is 59.6 Å². The lowest BCUT2D eigenvalue weighted by Gasteiger charge is -2.19. The first-order valence-electron chi connectivity index (χ1n) is 7.94. The smallest absolute Gasteiger partial charge is 0.412 e. The van der Waals surface area contributed by atoms with Gasteiger partial charge in [-0.05, 0) is 57.2 Å². The van der Waals surface area contributed by atoms with E-state index in [4.69, 9.17) is 21.1 Å². The maximum atomic E-state index is 11.8. The van der Waals surface area contributed by atoms with E-state index in [1.807, 2.05) is 51.1 Å².